The van der Waals surface area contributed by atoms with Gasteiger partial charge in [0.05, 0.1) is 6.42 Å². The molecule has 0 amide bonds. The highest BCUT2D eigenvalue weighted by atomic mass is 16.4. The fourth-order valence-electron chi connectivity index (χ4n) is 0.955. The molecule has 1 radical (unpaired) electrons. The summed E-state index contributed by atoms with van der Waals surface area (Å²) in [4.78, 5) is 23.8. The molecule has 0 aliphatic heterocycles. The first-order valence-corrected chi connectivity index (χ1v) is 3.50. The van der Waals surface area contributed by atoms with Gasteiger partial charge in [-0.3, -0.25) is 9.59 Å². The zero-order chi connectivity index (χ0) is 9.84. The summed E-state index contributed by atoms with van der Waals surface area (Å²) in [5.41, 5.74) is -0.212. The molecule has 0 unspecified atom stereocenters. The number of carboxylic acid groups (broad SMARTS) is 1. The van der Waals surface area contributed by atoms with Crippen molar-refractivity contribution in [1.82, 2.24) is 4.98 Å². The normalized spacial score (nSPS) is 9.15. The van der Waals surface area contributed by atoms with Crippen LogP contribution in [0.1, 0.15) is 11.1 Å². The summed E-state index contributed by atoms with van der Waals surface area (Å²) in [6.07, 6.45) is 7.79. The minimum absolute atomic E-state index is 0.0602. The van der Waals surface area contributed by atoms with Crippen molar-refractivity contribution in [2.75, 3.05) is 0 Å². The van der Waals surface area contributed by atoms with Gasteiger partial charge in [0.15, 0.2) is 0 Å². The van der Waals surface area contributed by atoms with Crippen molar-refractivity contribution >= 4 is 5.97 Å². The molecule has 0 atom stereocenters. The Kier molecular flexibility index (Phi) is 2.50. The van der Waals surface area contributed by atoms with Crippen LogP contribution in [0, 0.1) is 12.3 Å². The molecule has 0 saturated heterocycles. The second kappa shape index (κ2) is 3.59. The van der Waals surface area contributed by atoms with Crippen LogP contribution in [-0.2, 0) is 11.2 Å². The zero-order valence-electron chi connectivity index (χ0n) is 6.63. The Morgan fingerprint density at radius 3 is 2.92 bits per heavy atom. The van der Waals surface area contributed by atoms with Gasteiger partial charge >= 0.3 is 5.97 Å². The molecule has 0 aromatic carbocycles. The second-order valence-corrected chi connectivity index (χ2v) is 2.39. The Labute approximate surface area is 74.2 Å². The summed E-state index contributed by atoms with van der Waals surface area (Å²) in [5.74, 6) is 0.905. The smallest absolute Gasteiger partial charge is 0.308 e. The van der Waals surface area contributed by atoms with Gasteiger partial charge in [0.1, 0.15) is 0 Å². The van der Waals surface area contributed by atoms with E-state index in [0.29, 0.717) is 0 Å². The summed E-state index contributed by atoms with van der Waals surface area (Å²) in [7, 11) is 0. The average Bonchev–Trinajstić information content (AvgIpc) is 2.08. The Balaban J connectivity index is 3.25. The van der Waals surface area contributed by atoms with Crippen molar-refractivity contribution in [2.45, 2.75) is 6.42 Å². The van der Waals surface area contributed by atoms with Gasteiger partial charge in [-0.05, 0) is 12.5 Å². The van der Waals surface area contributed by atoms with Crippen molar-refractivity contribution in [1.29, 1.82) is 0 Å². The monoisotopic (exact) mass is 176 g/mol. The third-order valence-electron chi connectivity index (χ3n) is 1.53. The van der Waals surface area contributed by atoms with E-state index >= 15 is 0 Å². The van der Waals surface area contributed by atoms with Crippen LogP contribution < -0.4 is 5.56 Å². The summed E-state index contributed by atoms with van der Waals surface area (Å²) < 4.78 is 0. The van der Waals surface area contributed by atoms with E-state index in [4.69, 9.17) is 11.5 Å². The molecule has 2 N–H and O–H groups in total. The summed E-state index contributed by atoms with van der Waals surface area (Å²) in [6.45, 7) is 0. The first-order chi connectivity index (χ1) is 6.15. The van der Waals surface area contributed by atoms with Crippen molar-refractivity contribution in [3.05, 3.63) is 40.2 Å². The molecule has 0 bridgehead atoms. The number of hydrogen-bond acceptors (Lipinski definition) is 2. The number of H-pyrrole nitrogens is 1. The number of hydrogen-bond donors (Lipinski definition) is 2. The van der Waals surface area contributed by atoms with Crippen LogP contribution in [0.3, 0.4) is 0 Å². The van der Waals surface area contributed by atoms with Gasteiger partial charge in [-0.15, -0.1) is 0 Å². The van der Waals surface area contributed by atoms with E-state index in [0.717, 1.165) is 0 Å². The maximum atomic E-state index is 11.1. The van der Waals surface area contributed by atoms with Gasteiger partial charge in [0.2, 0.25) is 0 Å². The van der Waals surface area contributed by atoms with Crippen LogP contribution in [-0.4, -0.2) is 16.1 Å². The summed E-state index contributed by atoms with van der Waals surface area (Å²) >= 11 is 0. The minimum Gasteiger partial charge on any atom is -0.481 e. The highest BCUT2D eigenvalue weighted by molar-refractivity contribution is 5.71. The van der Waals surface area contributed by atoms with Crippen LogP contribution in [0.5, 0.6) is 0 Å². The zero-order valence-corrected chi connectivity index (χ0v) is 6.63. The SMILES string of the molecule is [C]#Cc1cc[nH]c(=O)c1CC(=O)O. The Morgan fingerprint density at radius 1 is 1.69 bits per heavy atom. The lowest BCUT2D eigenvalue weighted by atomic mass is 10.1. The van der Waals surface area contributed by atoms with Crippen molar-refractivity contribution in [3.8, 4) is 5.92 Å². The summed E-state index contributed by atoms with van der Waals surface area (Å²) in [5, 5.41) is 8.47. The second-order valence-electron chi connectivity index (χ2n) is 2.39. The van der Waals surface area contributed by atoms with Crippen LogP contribution >= 0.6 is 0 Å². The van der Waals surface area contributed by atoms with Gasteiger partial charge < -0.3 is 10.1 Å². The topological polar surface area (TPSA) is 70.2 Å². The van der Waals surface area contributed by atoms with Crippen LogP contribution in [0.25, 0.3) is 0 Å². The van der Waals surface area contributed by atoms with Gasteiger partial charge in [-0.25, -0.2) is 0 Å². The van der Waals surface area contributed by atoms with E-state index in [1.807, 2.05) is 5.92 Å². The predicted octanol–water partition coefficient (Wildman–Crippen LogP) is -0.0601. The Hall–Kier alpha value is -2.02. The quantitative estimate of drug-likeness (QED) is 0.620. The molecule has 13 heavy (non-hydrogen) atoms. The van der Waals surface area contributed by atoms with E-state index in [9.17, 15) is 9.59 Å². The maximum Gasteiger partial charge on any atom is 0.308 e. The van der Waals surface area contributed by atoms with Crippen molar-refractivity contribution < 1.29 is 9.90 Å². The van der Waals surface area contributed by atoms with E-state index in [-0.39, 0.29) is 11.1 Å². The molecular formula is C9H6NO3. The Morgan fingerprint density at radius 2 is 2.38 bits per heavy atom. The molecular weight excluding hydrogens is 170 g/mol. The number of aromatic nitrogens is 1. The first kappa shape index (κ1) is 9.07. The Bertz CT molecular complexity index is 425. The minimum atomic E-state index is -1.10. The highest BCUT2D eigenvalue weighted by Crippen LogP contribution is 2.01. The third-order valence-corrected chi connectivity index (χ3v) is 1.53. The van der Waals surface area contributed by atoms with Gasteiger partial charge in [-0.1, -0.05) is 5.92 Å². The molecule has 1 rings (SSSR count). The van der Waals surface area contributed by atoms with Gasteiger partial charge in [0.25, 0.3) is 5.56 Å². The fraction of sp³-hybridized carbons (Fsp3) is 0.111. The molecule has 0 spiro atoms. The van der Waals surface area contributed by atoms with Crippen molar-refractivity contribution in [2.24, 2.45) is 0 Å². The van der Waals surface area contributed by atoms with E-state index < -0.39 is 17.9 Å². The number of carboxylic acids is 1. The largest absolute Gasteiger partial charge is 0.481 e. The van der Waals surface area contributed by atoms with Crippen LogP contribution in [0.2, 0.25) is 0 Å². The van der Waals surface area contributed by atoms with Gasteiger partial charge in [0, 0.05) is 17.3 Å². The number of nitrogens with one attached hydrogen (secondary N) is 1. The first-order valence-electron chi connectivity index (χ1n) is 3.50. The van der Waals surface area contributed by atoms with Crippen LogP contribution in [0.4, 0.5) is 0 Å². The summed E-state index contributed by atoms with van der Waals surface area (Å²) in [6, 6.07) is 1.44. The lowest BCUT2D eigenvalue weighted by molar-refractivity contribution is -0.136. The third kappa shape index (κ3) is 1.97. The number of carbonyl (C=O) groups is 1. The molecule has 4 heteroatoms. The molecule has 0 fully saturated rings. The average molecular weight is 176 g/mol. The number of aliphatic carboxylic acids is 1. The molecule has 0 aliphatic carbocycles. The molecule has 65 valence electrons. The molecule has 1 heterocycles. The fourth-order valence-corrected chi connectivity index (χ4v) is 0.955. The molecule has 0 aliphatic rings. The molecule has 0 saturated carbocycles. The van der Waals surface area contributed by atoms with E-state index in [1.165, 1.54) is 12.3 Å². The molecule has 1 aromatic heterocycles. The lowest BCUT2D eigenvalue weighted by Crippen LogP contribution is -2.17. The number of rotatable bonds is 2. The highest BCUT2D eigenvalue weighted by Gasteiger charge is 2.08. The number of aromatic amines is 1. The van der Waals surface area contributed by atoms with E-state index in [2.05, 4.69) is 4.98 Å². The lowest BCUT2D eigenvalue weighted by Gasteiger charge is -1.98. The number of pyridine rings is 1. The standard InChI is InChI=1S/C9H6NO3/c1-2-6-3-4-10-9(13)7(6)5-8(11)12/h3-4H,5H2,(H,10,13)(H,11,12). The predicted molar refractivity (Wildman–Crippen MR) is 44.6 cm³/mol. The van der Waals surface area contributed by atoms with Gasteiger partial charge in [-0.2, -0.15) is 0 Å². The van der Waals surface area contributed by atoms with Crippen LogP contribution in [0.15, 0.2) is 17.1 Å². The maximum absolute atomic E-state index is 11.1. The molecule has 1 aromatic rings. The van der Waals surface area contributed by atoms with E-state index in [1.54, 1.807) is 0 Å². The van der Waals surface area contributed by atoms with Crippen molar-refractivity contribution in [3.63, 3.8) is 0 Å². The molecule has 4 nitrogen and oxygen atoms in total.